The zero-order chi connectivity index (χ0) is 22.9. The highest BCUT2D eigenvalue weighted by Crippen LogP contribution is 2.32. The van der Waals surface area contributed by atoms with Crippen LogP contribution in [0.4, 0.5) is 8.78 Å². The summed E-state index contributed by atoms with van der Waals surface area (Å²) in [7, 11) is 0. The molecule has 8 nitrogen and oxygen atoms in total. The Bertz CT molecular complexity index is 1200. The number of benzene rings is 2. The van der Waals surface area contributed by atoms with Crippen LogP contribution in [-0.2, 0) is 4.79 Å². The van der Waals surface area contributed by atoms with E-state index in [2.05, 4.69) is 20.1 Å². The lowest BCUT2D eigenvalue weighted by Gasteiger charge is -2.21. The van der Waals surface area contributed by atoms with E-state index >= 15 is 0 Å². The zero-order valence-electron chi connectivity index (χ0n) is 17.5. The highest BCUT2D eigenvalue weighted by molar-refractivity contribution is 5.97. The number of carbonyl (C=O) groups excluding carboxylic acids is 2. The largest absolute Gasteiger partial charge is 0.435 e. The molecule has 5 rings (SSSR count). The standard InChI is InChI=1S/C23H21F2N5O3/c24-23(25)33-18-5-1-14(2-6-18)3-8-21(31)29-10-16-12-30(13-17(16)11-29)22(32)15-4-7-19-20(9-15)27-28-26-19/h1-9,16-17,23H,10-13H2,(H,26,27,28)/b8-3+. The summed E-state index contributed by atoms with van der Waals surface area (Å²) in [5.74, 6) is 0.416. The van der Waals surface area contributed by atoms with Gasteiger partial charge in [-0.2, -0.15) is 24.2 Å². The molecule has 33 heavy (non-hydrogen) atoms. The van der Waals surface area contributed by atoms with Crippen LogP contribution in [0.15, 0.2) is 48.5 Å². The fourth-order valence-corrected chi connectivity index (χ4v) is 4.53. The number of ether oxygens (including phenoxy) is 1. The van der Waals surface area contributed by atoms with Crippen LogP contribution < -0.4 is 4.74 Å². The first kappa shape index (κ1) is 21.0. The number of hydrogen-bond donors (Lipinski definition) is 1. The summed E-state index contributed by atoms with van der Waals surface area (Å²) in [6.07, 6.45) is 3.14. The zero-order valence-corrected chi connectivity index (χ0v) is 17.5. The molecule has 0 saturated carbocycles. The van der Waals surface area contributed by atoms with Crippen LogP contribution in [-0.4, -0.2) is 69.8 Å². The molecule has 2 saturated heterocycles. The third-order valence-electron chi connectivity index (χ3n) is 6.17. The van der Waals surface area contributed by atoms with Crippen LogP contribution in [0.3, 0.4) is 0 Å². The van der Waals surface area contributed by atoms with Crippen LogP contribution >= 0.6 is 0 Å². The van der Waals surface area contributed by atoms with Crippen molar-refractivity contribution >= 4 is 28.9 Å². The van der Waals surface area contributed by atoms with Gasteiger partial charge in [-0.1, -0.05) is 12.1 Å². The van der Waals surface area contributed by atoms with Crippen molar-refractivity contribution in [1.29, 1.82) is 0 Å². The number of amides is 2. The Morgan fingerprint density at radius 1 is 0.970 bits per heavy atom. The van der Waals surface area contributed by atoms with Gasteiger partial charge in [-0.15, -0.1) is 0 Å². The Labute approximate surface area is 187 Å². The summed E-state index contributed by atoms with van der Waals surface area (Å²) in [5, 5.41) is 10.6. The second-order valence-electron chi connectivity index (χ2n) is 8.28. The van der Waals surface area contributed by atoms with Crippen LogP contribution in [0.5, 0.6) is 5.75 Å². The monoisotopic (exact) mass is 453 g/mol. The summed E-state index contributed by atoms with van der Waals surface area (Å²) in [6, 6.07) is 11.4. The number of hydrogen-bond acceptors (Lipinski definition) is 5. The van der Waals surface area contributed by atoms with E-state index in [9.17, 15) is 18.4 Å². The van der Waals surface area contributed by atoms with Crippen molar-refractivity contribution in [1.82, 2.24) is 25.2 Å². The lowest BCUT2D eigenvalue weighted by Crippen LogP contribution is -2.35. The van der Waals surface area contributed by atoms with E-state index in [1.54, 1.807) is 41.3 Å². The fraction of sp³-hybridized carbons (Fsp3) is 0.304. The Kier molecular flexibility index (Phi) is 5.49. The minimum Gasteiger partial charge on any atom is -0.435 e. The Morgan fingerprint density at radius 3 is 2.33 bits per heavy atom. The number of aromatic amines is 1. The molecule has 2 aliphatic heterocycles. The molecule has 3 heterocycles. The molecular formula is C23H21F2N5O3. The Balaban J connectivity index is 1.16. The molecule has 2 aliphatic rings. The van der Waals surface area contributed by atoms with Crippen molar-refractivity contribution in [3.05, 3.63) is 59.7 Å². The number of H-pyrrole nitrogens is 1. The molecular weight excluding hydrogens is 432 g/mol. The van der Waals surface area contributed by atoms with Gasteiger partial charge in [0.2, 0.25) is 5.91 Å². The van der Waals surface area contributed by atoms with E-state index in [0.29, 0.717) is 48.3 Å². The summed E-state index contributed by atoms with van der Waals surface area (Å²) >= 11 is 0. The summed E-state index contributed by atoms with van der Waals surface area (Å²) < 4.78 is 28.8. The quantitative estimate of drug-likeness (QED) is 0.600. The number of nitrogens with zero attached hydrogens (tertiary/aromatic N) is 4. The van der Waals surface area contributed by atoms with E-state index in [4.69, 9.17) is 0 Å². The molecule has 2 unspecified atom stereocenters. The average molecular weight is 453 g/mol. The number of rotatable bonds is 5. The molecule has 2 fully saturated rings. The third kappa shape index (κ3) is 4.41. The van der Waals surface area contributed by atoms with Crippen molar-refractivity contribution in [2.45, 2.75) is 6.61 Å². The summed E-state index contributed by atoms with van der Waals surface area (Å²) in [6.45, 7) is -0.452. The van der Waals surface area contributed by atoms with Gasteiger partial charge in [0.25, 0.3) is 5.91 Å². The smallest absolute Gasteiger partial charge is 0.387 e. The summed E-state index contributed by atoms with van der Waals surface area (Å²) in [4.78, 5) is 29.2. The number of carbonyl (C=O) groups is 2. The number of fused-ring (bicyclic) bond motifs is 2. The van der Waals surface area contributed by atoms with Gasteiger partial charge in [-0.25, -0.2) is 0 Å². The van der Waals surface area contributed by atoms with Gasteiger partial charge in [0, 0.05) is 49.7 Å². The second-order valence-corrected chi connectivity index (χ2v) is 8.28. The predicted molar refractivity (Wildman–Crippen MR) is 115 cm³/mol. The molecule has 3 aromatic rings. The molecule has 2 atom stereocenters. The van der Waals surface area contributed by atoms with E-state index in [0.717, 1.165) is 0 Å². The maximum atomic E-state index is 12.9. The number of aromatic nitrogens is 3. The topological polar surface area (TPSA) is 91.4 Å². The molecule has 0 spiro atoms. The molecule has 2 aromatic carbocycles. The first-order valence-electron chi connectivity index (χ1n) is 10.6. The van der Waals surface area contributed by atoms with E-state index in [1.807, 2.05) is 4.90 Å². The van der Waals surface area contributed by atoms with Gasteiger partial charge in [0.1, 0.15) is 16.8 Å². The SMILES string of the molecule is O=C(/C=C/c1ccc(OC(F)F)cc1)N1CC2CN(C(=O)c3ccc4n[nH]nc4c3)CC2C1. The van der Waals surface area contributed by atoms with Crippen LogP contribution in [0.2, 0.25) is 0 Å². The predicted octanol–water partition coefficient (Wildman–Crippen LogP) is 2.80. The Hall–Kier alpha value is -3.82. The van der Waals surface area contributed by atoms with Gasteiger partial charge >= 0.3 is 6.61 Å². The first-order valence-corrected chi connectivity index (χ1v) is 10.6. The molecule has 1 N–H and O–H groups in total. The van der Waals surface area contributed by atoms with Crippen LogP contribution in [0.1, 0.15) is 15.9 Å². The number of nitrogens with one attached hydrogen (secondary N) is 1. The number of halogens is 2. The minimum absolute atomic E-state index is 0.0358. The maximum Gasteiger partial charge on any atom is 0.387 e. The normalized spacial score (nSPS) is 20.2. The molecule has 2 amide bonds. The van der Waals surface area contributed by atoms with Gasteiger partial charge in [-0.05, 0) is 42.0 Å². The molecule has 0 bridgehead atoms. The lowest BCUT2D eigenvalue weighted by atomic mass is 10.0. The van der Waals surface area contributed by atoms with Crippen molar-refractivity contribution < 1.29 is 23.1 Å². The number of likely N-dealkylation sites (tertiary alicyclic amines) is 2. The average Bonchev–Trinajstić information content (AvgIpc) is 3.51. The van der Waals surface area contributed by atoms with Gasteiger partial charge in [0.05, 0.1) is 0 Å². The Morgan fingerprint density at radius 2 is 1.64 bits per heavy atom. The highest BCUT2D eigenvalue weighted by atomic mass is 19.3. The van der Waals surface area contributed by atoms with Gasteiger partial charge in [0.15, 0.2) is 0 Å². The molecule has 10 heteroatoms. The fourth-order valence-electron chi connectivity index (χ4n) is 4.53. The maximum absolute atomic E-state index is 12.9. The minimum atomic E-state index is -2.87. The van der Waals surface area contributed by atoms with Gasteiger partial charge < -0.3 is 14.5 Å². The van der Waals surface area contributed by atoms with E-state index < -0.39 is 6.61 Å². The van der Waals surface area contributed by atoms with E-state index in [1.165, 1.54) is 18.2 Å². The second kappa shape index (κ2) is 8.61. The highest BCUT2D eigenvalue weighted by Gasteiger charge is 2.42. The van der Waals surface area contributed by atoms with Crippen molar-refractivity contribution in [2.75, 3.05) is 26.2 Å². The van der Waals surface area contributed by atoms with Crippen molar-refractivity contribution in [3.8, 4) is 5.75 Å². The first-order chi connectivity index (χ1) is 16.0. The van der Waals surface area contributed by atoms with Gasteiger partial charge in [-0.3, -0.25) is 9.59 Å². The number of alkyl halides is 2. The molecule has 0 radical (unpaired) electrons. The summed E-state index contributed by atoms with van der Waals surface area (Å²) in [5.41, 5.74) is 2.66. The molecule has 0 aliphatic carbocycles. The van der Waals surface area contributed by atoms with Crippen LogP contribution in [0, 0.1) is 11.8 Å². The molecule has 1 aromatic heterocycles. The lowest BCUT2D eigenvalue weighted by molar-refractivity contribution is -0.125. The molecule has 170 valence electrons. The van der Waals surface area contributed by atoms with Crippen molar-refractivity contribution in [3.63, 3.8) is 0 Å². The third-order valence-corrected chi connectivity index (χ3v) is 6.17. The van der Waals surface area contributed by atoms with E-state index in [-0.39, 0.29) is 29.4 Å². The van der Waals surface area contributed by atoms with Crippen molar-refractivity contribution in [2.24, 2.45) is 11.8 Å². The van der Waals surface area contributed by atoms with Crippen LogP contribution in [0.25, 0.3) is 17.1 Å².